The number of halogens is 1. The third-order valence-electron chi connectivity index (χ3n) is 2.88. The van der Waals surface area contributed by atoms with Crippen LogP contribution in [0.1, 0.15) is 12.6 Å². The number of hydrogen-bond donors (Lipinski definition) is 2. The molecule has 2 N–H and O–H groups in total. The molecule has 0 bridgehead atoms. The molecule has 0 aliphatic carbocycles. The van der Waals surface area contributed by atoms with Gasteiger partial charge in [-0.25, -0.2) is 0 Å². The van der Waals surface area contributed by atoms with Crippen molar-refractivity contribution in [2.45, 2.75) is 13.5 Å². The fourth-order valence-corrected chi connectivity index (χ4v) is 1.84. The molecule has 0 spiro atoms. The minimum Gasteiger partial charge on any atom is -0.493 e. The molecule has 0 aliphatic rings. The Hall–Kier alpha value is -1.97. The molecule has 0 saturated carbocycles. The van der Waals surface area contributed by atoms with Gasteiger partial charge in [-0.05, 0) is 19.1 Å². The summed E-state index contributed by atoms with van der Waals surface area (Å²) in [5.41, 5.74) is 1.64. The monoisotopic (exact) mass is 432 g/mol. The summed E-state index contributed by atoms with van der Waals surface area (Å²) in [6.45, 7) is 3.02. The molecule has 126 valence electrons. The molecule has 1 heterocycles. The average Bonchev–Trinajstić information content (AvgIpc) is 3.05. The van der Waals surface area contributed by atoms with Crippen LogP contribution in [0.2, 0.25) is 0 Å². The summed E-state index contributed by atoms with van der Waals surface area (Å²) < 4.78 is 15.6. The highest BCUT2D eigenvalue weighted by molar-refractivity contribution is 14.0. The second kappa shape index (κ2) is 9.93. The molecule has 23 heavy (non-hydrogen) atoms. The van der Waals surface area contributed by atoms with E-state index in [1.165, 1.54) is 6.26 Å². The second-order valence-electron chi connectivity index (χ2n) is 4.34. The molecule has 7 nitrogen and oxygen atoms in total. The van der Waals surface area contributed by atoms with Crippen molar-refractivity contribution in [3.05, 3.63) is 36.2 Å². The zero-order valence-corrected chi connectivity index (χ0v) is 15.7. The predicted octanol–water partition coefficient (Wildman–Crippen LogP) is 2.89. The maximum atomic E-state index is 5.55. The molecule has 0 aliphatic heterocycles. The van der Waals surface area contributed by atoms with Crippen LogP contribution in [-0.2, 0) is 6.54 Å². The Morgan fingerprint density at radius 3 is 2.74 bits per heavy atom. The molecule has 0 radical (unpaired) electrons. The lowest BCUT2D eigenvalue weighted by molar-refractivity contribution is 0.311. The topological polar surface area (TPSA) is 80.9 Å². The summed E-state index contributed by atoms with van der Waals surface area (Å²) in [6.07, 6.45) is 1.53. The number of methoxy groups -OCH3 is 1. The molecule has 0 atom stereocenters. The molecule has 0 saturated heterocycles. The van der Waals surface area contributed by atoms with Crippen LogP contribution < -0.4 is 20.1 Å². The molecule has 2 rings (SSSR count). The summed E-state index contributed by atoms with van der Waals surface area (Å²) in [6, 6.07) is 7.40. The first-order valence-corrected chi connectivity index (χ1v) is 6.94. The Labute approximate surface area is 152 Å². The lowest BCUT2D eigenvalue weighted by atomic mass is 10.2. The number of guanidine groups is 1. The molecule has 0 fully saturated rings. The number of ether oxygens (including phenoxy) is 2. The molecular formula is C15H21IN4O3. The van der Waals surface area contributed by atoms with E-state index >= 15 is 0 Å². The molecule has 0 amide bonds. The van der Waals surface area contributed by atoms with Crippen molar-refractivity contribution in [2.24, 2.45) is 4.99 Å². The number of rotatable bonds is 6. The Morgan fingerprint density at radius 1 is 1.30 bits per heavy atom. The van der Waals surface area contributed by atoms with Crippen LogP contribution in [0.15, 0.2) is 40.0 Å². The Kier molecular flexibility index (Phi) is 8.23. The molecule has 1 aromatic carbocycles. The van der Waals surface area contributed by atoms with Crippen LogP contribution in [0.4, 0.5) is 5.69 Å². The van der Waals surface area contributed by atoms with E-state index in [9.17, 15) is 0 Å². The van der Waals surface area contributed by atoms with E-state index in [-0.39, 0.29) is 24.0 Å². The van der Waals surface area contributed by atoms with E-state index in [1.54, 1.807) is 20.2 Å². The van der Waals surface area contributed by atoms with E-state index in [1.807, 2.05) is 25.1 Å². The van der Waals surface area contributed by atoms with Crippen LogP contribution in [0.5, 0.6) is 11.5 Å². The summed E-state index contributed by atoms with van der Waals surface area (Å²) in [7, 11) is 3.31. The third kappa shape index (κ3) is 5.62. The van der Waals surface area contributed by atoms with Gasteiger partial charge in [0.2, 0.25) is 0 Å². The van der Waals surface area contributed by atoms with Crippen LogP contribution in [0.25, 0.3) is 0 Å². The minimum absolute atomic E-state index is 0. The number of aliphatic imine (C=N–C) groups is 1. The van der Waals surface area contributed by atoms with Gasteiger partial charge in [0.1, 0.15) is 12.0 Å². The second-order valence-corrected chi connectivity index (χ2v) is 4.34. The van der Waals surface area contributed by atoms with Crippen LogP contribution in [0, 0.1) is 0 Å². The van der Waals surface area contributed by atoms with Gasteiger partial charge in [-0.15, -0.1) is 24.0 Å². The normalized spacial score (nSPS) is 10.7. The van der Waals surface area contributed by atoms with Gasteiger partial charge in [0.25, 0.3) is 0 Å². The Balaban J connectivity index is 0.00000264. The SMILES string of the molecule is CCOc1cc(NC(=NC)NCc2ccon2)ccc1OC.I. The zero-order valence-electron chi connectivity index (χ0n) is 13.3. The van der Waals surface area contributed by atoms with Crippen LogP contribution in [0.3, 0.4) is 0 Å². The van der Waals surface area contributed by atoms with Crippen molar-refractivity contribution in [3.8, 4) is 11.5 Å². The van der Waals surface area contributed by atoms with Gasteiger partial charge < -0.3 is 24.6 Å². The van der Waals surface area contributed by atoms with Crippen LogP contribution in [-0.4, -0.2) is 31.9 Å². The number of benzene rings is 1. The quantitative estimate of drug-likeness (QED) is 0.415. The standard InChI is InChI=1S/C15H20N4O3.HI/c1-4-21-14-9-11(5-6-13(14)20-3)18-15(16-2)17-10-12-7-8-22-19-12;/h5-9H,4,10H2,1-3H3,(H2,16,17,18);1H. The predicted molar refractivity (Wildman–Crippen MR) is 99.9 cm³/mol. The van der Waals surface area contributed by atoms with E-state index in [2.05, 4.69) is 20.8 Å². The fraction of sp³-hybridized carbons (Fsp3) is 0.333. The van der Waals surface area contributed by atoms with Gasteiger partial charge in [-0.3, -0.25) is 4.99 Å². The number of nitrogens with one attached hydrogen (secondary N) is 2. The van der Waals surface area contributed by atoms with Crippen molar-refractivity contribution in [1.29, 1.82) is 0 Å². The summed E-state index contributed by atoms with van der Waals surface area (Å²) >= 11 is 0. The van der Waals surface area contributed by atoms with Gasteiger partial charge in [-0.1, -0.05) is 5.16 Å². The summed E-state index contributed by atoms with van der Waals surface area (Å²) in [5, 5.41) is 10.2. The number of aromatic nitrogens is 1. The highest BCUT2D eigenvalue weighted by atomic mass is 127. The first-order valence-electron chi connectivity index (χ1n) is 6.94. The Morgan fingerprint density at radius 2 is 2.13 bits per heavy atom. The highest BCUT2D eigenvalue weighted by Gasteiger charge is 2.07. The van der Waals surface area contributed by atoms with Crippen molar-refractivity contribution in [3.63, 3.8) is 0 Å². The highest BCUT2D eigenvalue weighted by Crippen LogP contribution is 2.30. The Bertz CT molecular complexity index is 617. The molecule has 0 unspecified atom stereocenters. The van der Waals surface area contributed by atoms with Crippen molar-refractivity contribution < 1.29 is 14.0 Å². The number of hydrogen-bond acceptors (Lipinski definition) is 5. The van der Waals surface area contributed by atoms with E-state index in [4.69, 9.17) is 14.0 Å². The first kappa shape index (κ1) is 19.1. The lowest BCUT2D eigenvalue weighted by Crippen LogP contribution is -2.30. The molecule has 2 aromatic rings. The van der Waals surface area contributed by atoms with Gasteiger partial charge in [0.05, 0.1) is 20.3 Å². The van der Waals surface area contributed by atoms with E-state index in [0.29, 0.717) is 30.6 Å². The van der Waals surface area contributed by atoms with Crippen LogP contribution >= 0.6 is 24.0 Å². The minimum atomic E-state index is 0. The average molecular weight is 432 g/mol. The zero-order chi connectivity index (χ0) is 15.8. The molecule has 1 aromatic heterocycles. The fourth-order valence-electron chi connectivity index (χ4n) is 1.84. The molecular weight excluding hydrogens is 411 g/mol. The molecule has 8 heteroatoms. The van der Waals surface area contributed by atoms with Crippen molar-refractivity contribution >= 4 is 35.6 Å². The largest absolute Gasteiger partial charge is 0.493 e. The smallest absolute Gasteiger partial charge is 0.195 e. The third-order valence-corrected chi connectivity index (χ3v) is 2.88. The maximum absolute atomic E-state index is 5.55. The maximum Gasteiger partial charge on any atom is 0.195 e. The first-order chi connectivity index (χ1) is 10.8. The van der Waals surface area contributed by atoms with Gasteiger partial charge in [0.15, 0.2) is 17.5 Å². The van der Waals surface area contributed by atoms with Crippen molar-refractivity contribution in [2.75, 3.05) is 26.1 Å². The van der Waals surface area contributed by atoms with E-state index < -0.39 is 0 Å². The summed E-state index contributed by atoms with van der Waals surface area (Å²) in [5.74, 6) is 2.00. The van der Waals surface area contributed by atoms with E-state index in [0.717, 1.165) is 11.4 Å². The number of nitrogens with zero attached hydrogens (tertiary/aromatic N) is 2. The van der Waals surface area contributed by atoms with Gasteiger partial charge >= 0.3 is 0 Å². The van der Waals surface area contributed by atoms with Gasteiger partial charge in [0, 0.05) is 24.9 Å². The van der Waals surface area contributed by atoms with Gasteiger partial charge in [-0.2, -0.15) is 0 Å². The summed E-state index contributed by atoms with van der Waals surface area (Å²) in [4.78, 5) is 4.16. The van der Waals surface area contributed by atoms with Crippen molar-refractivity contribution in [1.82, 2.24) is 10.5 Å². The lowest BCUT2D eigenvalue weighted by Gasteiger charge is -2.14. The number of anilines is 1.